The first-order valence-electron chi connectivity index (χ1n) is 5.32. The topological polar surface area (TPSA) is 55.4 Å². The lowest BCUT2D eigenvalue weighted by Crippen LogP contribution is -2.22. The lowest BCUT2D eigenvalue weighted by Gasteiger charge is -2.15. The maximum absolute atomic E-state index is 12.0. The van der Waals surface area contributed by atoms with Gasteiger partial charge in [0.15, 0.2) is 0 Å². The van der Waals surface area contributed by atoms with Gasteiger partial charge in [-0.2, -0.15) is 0 Å². The molecule has 1 aromatic carbocycles. The van der Waals surface area contributed by atoms with Gasteiger partial charge in [0.2, 0.25) is 9.84 Å². The van der Waals surface area contributed by atoms with Gasteiger partial charge in [-0.15, -0.1) is 0 Å². The van der Waals surface area contributed by atoms with Crippen LogP contribution in [0.25, 0.3) is 5.57 Å². The zero-order valence-electron chi connectivity index (χ0n) is 10.0. The van der Waals surface area contributed by atoms with E-state index in [1.54, 1.807) is 32.4 Å². The lowest BCUT2D eigenvalue weighted by molar-refractivity contribution is 0.411. The summed E-state index contributed by atoms with van der Waals surface area (Å²) >= 11 is 0. The second-order valence-corrected chi connectivity index (χ2v) is 5.73. The minimum absolute atomic E-state index is 0.0395. The molecule has 1 atom stereocenters. The van der Waals surface area contributed by atoms with Crippen LogP contribution in [0.15, 0.2) is 28.5 Å². The van der Waals surface area contributed by atoms with E-state index in [0.29, 0.717) is 16.2 Å². The number of fused-ring (bicyclic) bond motifs is 1. The first-order valence-corrected chi connectivity index (χ1v) is 6.87. The Morgan fingerprint density at radius 1 is 1.35 bits per heavy atom. The molecule has 5 heteroatoms. The standard InChI is InChI=1S/C12H15NO3S/c1-8(13-2)9-7-17(14,15)11-6-4-5-10(16-3)12(9)11/h4-8,13H,1-3H3. The number of ether oxygens (including phenoxy) is 1. The van der Waals surface area contributed by atoms with Gasteiger partial charge in [0.05, 0.1) is 12.0 Å². The highest BCUT2D eigenvalue weighted by atomic mass is 32.2. The van der Waals surface area contributed by atoms with Gasteiger partial charge in [-0.1, -0.05) is 6.07 Å². The van der Waals surface area contributed by atoms with Crippen LogP contribution in [0.2, 0.25) is 0 Å². The molecule has 1 aliphatic heterocycles. The summed E-state index contributed by atoms with van der Waals surface area (Å²) in [6.45, 7) is 1.92. The van der Waals surface area contributed by atoms with Gasteiger partial charge in [0.1, 0.15) is 5.75 Å². The second kappa shape index (κ2) is 4.16. The monoisotopic (exact) mass is 253 g/mol. The summed E-state index contributed by atoms with van der Waals surface area (Å²) in [4.78, 5) is 0.328. The number of likely N-dealkylation sites (N-methyl/N-ethyl adjacent to an activating group) is 1. The van der Waals surface area contributed by atoms with Gasteiger partial charge in [-0.3, -0.25) is 0 Å². The number of rotatable bonds is 3. The van der Waals surface area contributed by atoms with Crippen LogP contribution in [0.1, 0.15) is 12.5 Å². The normalized spacial score (nSPS) is 18.4. The van der Waals surface area contributed by atoms with Crippen molar-refractivity contribution in [3.63, 3.8) is 0 Å². The highest BCUT2D eigenvalue weighted by molar-refractivity contribution is 7.95. The van der Waals surface area contributed by atoms with E-state index in [2.05, 4.69) is 5.32 Å². The van der Waals surface area contributed by atoms with Crippen molar-refractivity contribution < 1.29 is 13.2 Å². The summed E-state index contributed by atoms with van der Waals surface area (Å²) in [6, 6.07) is 5.03. The van der Waals surface area contributed by atoms with Crippen molar-refractivity contribution in [2.45, 2.75) is 17.9 Å². The minimum Gasteiger partial charge on any atom is -0.496 e. The lowest BCUT2D eigenvalue weighted by atomic mass is 10.0. The third-order valence-electron chi connectivity index (χ3n) is 2.98. The van der Waals surface area contributed by atoms with Crippen molar-refractivity contribution in [3.05, 3.63) is 29.2 Å². The van der Waals surface area contributed by atoms with E-state index in [1.165, 1.54) is 5.41 Å². The Hall–Kier alpha value is -1.33. The second-order valence-electron chi connectivity index (χ2n) is 3.96. The van der Waals surface area contributed by atoms with E-state index >= 15 is 0 Å². The quantitative estimate of drug-likeness (QED) is 0.885. The maximum Gasteiger partial charge on any atom is 0.200 e. The number of benzene rings is 1. The molecule has 0 aliphatic carbocycles. The van der Waals surface area contributed by atoms with Gasteiger partial charge in [-0.25, -0.2) is 8.42 Å². The van der Waals surface area contributed by atoms with Gasteiger partial charge in [-0.05, 0) is 31.7 Å². The zero-order chi connectivity index (χ0) is 12.6. The summed E-state index contributed by atoms with van der Waals surface area (Å²) in [5.41, 5.74) is 1.43. The number of nitrogens with one attached hydrogen (secondary N) is 1. The van der Waals surface area contributed by atoms with Crippen molar-refractivity contribution >= 4 is 15.4 Å². The van der Waals surface area contributed by atoms with Crippen LogP contribution in [0.3, 0.4) is 0 Å². The molecule has 17 heavy (non-hydrogen) atoms. The Morgan fingerprint density at radius 3 is 2.65 bits per heavy atom. The van der Waals surface area contributed by atoms with Crippen molar-refractivity contribution in [3.8, 4) is 5.75 Å². The van der Waals surface area contributed by atoms with Crippen LogP contribution in [0, 0.1) is 0 Å². The SMILES string of the molecule is CNC(C)C1=CS(=O)(=O)c2cccc(OC)c21. The Labute approximate surface area is 101 Å². The molecule has 0 spiro atoms. The molecule has 0 radical (unpaired) electrons. The van der Waals surface area contributed by atoms with Gasteiger partial charge >= 0.3 is 0 Å². The molecular weight excluding hydrogens is 238 g/mol. The van der Waals surface area contributed by atoms with E-state index in [1.807, 2.05) is 6.92 Å². The van der Waals surface area contributed by atoms with E-state index in [9.17, 15) is 8.42 Å². The largest absolute Gasteiger partial charge is 0.496 e. The van der Waals surface area contributed by atoms with Crippen LogP contribution in [0.5, 0.6) is 5.75 Å². The molecule has 0 saturated heterocycles. The summed E-state index contributed by atoms with van der Waals surface area (Å²) < 4.78 is 29.2. The fourth-order valence-corrected chi connectivity index (χ4v) is 3.52. The minimum atomic E-state index is -3.32. The molecule has 92 valence electrons. The average molecular weight is 253 g/mol. The maximum atomic E-state index is 12.0. The van der Waals surface area contributed by atoms with Crippen molar-refractivity contribution in [1.82, 2.24) is 5.32 Å². The highest BCUT2D eigenvalue weighted by Crippen LogP contribution is 2.40. The fraction of sp³-hybridized carbons (Fsp3) is 0.333. The third-order valence-corrected chi connectivity index (χ3v) is 4.50. The Morgan fingerprint density at radius 2 is 2.06 bits per heavy atom. The van der Waals surface area contributed by atoms with Crippen molar-refractivity contribution in [1.29, 1.82) is 0 Å². The Balaban J connectivity index is 2.71. The van der Waals surface area contributed by atoms with Crippen LogP contribution < -0.4 is 10.1 Å². The number of sulfone groups is 1. The predicted octanol–water partition coefficient (Wildman–Crippen LogP) is 1.43. The highest BCUT2D eigenvalue weighted by Gasteiger charge is 2.31. The molecule has 1 aliphatic rings. The molecule has 0 saturated carbocycles. The zero-order valence-corrected chi connectivity index (χ0v) is 10.8. The van der Waals surface area contributed by atoms with E-state index in [0.717, 1.165) is 5.57 Å². The molecule has 1 aromatic rings. The molecule has 0 bridgehead atoms. The molecule has 1 unspecified atom stereocenters. The van der Waals surface area contributed by atoms with Gasteiger partial charge in [0.25, 0.3) is 0 Å². The average Bonchev–Trinajstić information content (AvgIpc) is 2.61. The summed E-state index contributed by atoms with van der Waals surface area (Å²) in [5, 5.41) is 4.37. The van der Waals surface area contributed by atoms with Crippen LogP contribution in [-0.4, -0.2) is 28.6 Å². The molecule has 2 rings (SSSR count). The predicted molar refractivity (Wildman–Crippen MR) is 66.7 cm³/mol. The number of hydrogen-bond donors (Lipinski definition) is 1. The first-order chi connectivity index (χ1) is 8.01. The van der Waals surface area contributed by atoms with Crippen molar-refractivity contribution in [2.75, 3.05) is 14.2 Å². The number of methoxy groups -OCH3 is 1. The Kier molecular flexibility index (Phi) is 2.97. The van der Waals surface area contributed by atoms with Crippen molar-refractivity contribution in [2.24, 2.45) is 0 Å². The van der Waals surface area contributed by atoms with Crippen LogP contribution >= 0.6 is 0 Å². The third kappa shape index (κ3) is 1.85. The summed E-state index contributed by atoms with van der Waals surface area (Å²) in [6.07, 6.45) is 0. The van der Waals surface area contributed by atoms with E-state index < -0.39 is 9.84 Å². The van der Waals surface area contributed by atoms with Crippen LogP contribution in [0.4, 0.5) is 0 Å². The van der Waals surface area contributed by atoms with Crippen LogP contribution in [-0.2, 0) is 9.84 Å². The molecule has 0 aromatic heterocycles. The summed E-state index contributed by atoms with van der Waals surface area (Å²) in [5.74, 6) is 0.594. The molecular formula is C12H15NO3S. The van der Waals surface area contributed by atoms with E-state index in [-0.39, 0.29) is 6.04 Å². The molecule has 0 amide bonds. The molecule has 1 N–H and O–H groups in total. The van der Waals surface area contributed by atoms with Gasteiger partial charge < -0.3 is 10.1 Å². The first kappa shape index (κ1) is 12.1. The Bertz CT molecular complexity index is 575. The van der Waals surface area contributed by atoms with Gasteiger partial charge in [0, 0.05) is 17.0 Å². The molecule has 4 nitrogen and oxygen atoms in total. The smallest absolute Gasteiger partial charge is 0.200 e. The summed E-state index contributed by atoms with van der Waals surface area (Å²) in [7, 11) is 0.0165. The van der Waals surface area contributed by atoms with E-state index in [4.69, 9.17) is 4.74 Å². The molecule has 1 heterocycles. The molecule has 0 fully saturated rings. The fourth-order valence-electron chi connectivity index (χ4n) is 1.97. The number of hydrogen-bond acceptors (Lipinski definition) is 4.